The van der Waals surface area contributed by atoms with Crippen LogP contribution in [0.4, 0.5) is 10.1 Å². The number of carbonyl (C=O) groups is 2. The molecule has 2 amide bonds. The molecule has 2 atom stereocenters. The van der Waals surface area contributed by atoms with Gasteiger partial charge in [0.05, 0.1) is 18.3 Å². The Balaban J connectivity index is 1.92. The molecule has 0 saturated heterocycles. The maximum atomic E-state index is 13.6. The predicted octanol–water partition coefficient (Wildman–Crippen LogP) is 1.77. The van der Waals surface area contributed by atoms with Crippen LogP contribution in [-0.4, -0.2) is 47.2 Å². The average molecular weight is 459 g/mol. The third kappa shape index (κ3) is 5.24. The molecule has 0 aliphatic carbocycles. The lowest BCUT2D eigenvalue weighted by Crippen LogP contribution is -2.57. The molecule has 0 radical (unpaired) electrons. The summed E-state index contributed by atoms with van der Waals surface area (Å²) in [6.45, 7) is 7.79. The lowest BCUT2D eigenvalue weighted by Gasteiger charge is -2.34. The highest BCUT2D eigenvalue weighted by molar-refractivity contribution is 6.01. The quantitative estimate of drug-likeness (QED) is 0.612. The van der Waals surface area contributed by atoms with Gasteiger partial charge in [-0.15, -0.1) is 0 Å². The number of phenols is 1. The molecule has 0 bridgehead atoms. The summed E-state index contributed by atoms with van der Waals surface area (Å²) in [5, 5.41) is 15.8. The molecular weight excluding hydrogens is 427 g/mol. The standard InChI is InChI=1S/C24H31FN4O4/c1-14(26-5)22(32)27-21(24(2,3)4)23(33)29-9-8-15-10-20(31)28(13-18(15)29)12-16-6-7-17(25)11-19(16)30/h6-7,10-11,13-14,21,26,30H,8-9,12H2,1-5H3,(H,27,32)/t14-,21+/m0/s1. The number of amides is 2. The van der Waals surface area contributed by atoms with Gasteiger partial charge < -0.3 is 25.2 Å². The Morgan fingerprint density at radius 2 is 1.94 bits per heavy atom. The SMILES string of the molecule is CN[C@@H](C)C(=O)N[C@H](C(=O)N1CCc2cc(=O)n(Cc3ccc(F)cc3O)cc21)C(C)(C)C. The van der Waals surface area contributed by atoms with Crippen molar-refractivity contribution in [3.8, 4) is 5.75 Å². The Kier molecular flexibility index (Phi) is 6.92. The number of benzene rings is 1. The van der Waals surface area contributed by atoms with E-state index in [1.54, 1.807) is 25.1 Å². The second-order valence-electron chi connectivity index (χ2n) is 9.48. The van der Waals surface area contributed by atoms with E-state index in [-0.39, 0.29) is 29.7 Å². The summed E-state index contributed by atoms with van der Waals surface area (Å²) < 4.78 is 14.7. The number of carbonyl (C=O) groups excluding carboxylic acids is 2. The van der Waals surface area contributed by atoms with Gasteiger partial charge >= 0.3 is 0 Å². The van der Waals surface area contributed by atoms with Gasteiger partial charge in [0.25, 0.3) is 5.56 Å². The molecule has 33 heavy (non-hydrogen) atoms. The van der Waals surface area contributed by atoms with Crippen LogP contribution in [0.25, 0.3) is 0 Å². The van der Waals surface area contributed by atoms with Gasteiger partial charge in [0.15, 0.2) is 0 Å². The minimum atomic E-state index is -0.770. The van der Waals surface area contributed by atoms with E-state index < -0.39 is 23.3 Å². The first-order chi connectivity index (χ1) is 15.4. The minimum absolute atomic E-state index is 0.0272. The molecule has 3 N–H and O–H groups in total. The van der Waals surface area contributed by atoms with Crippen molar-refractivity contribution in [1.29, 1.82) is 0 Å². The maximum absolute atomic E-state index is 13.6. The van der Waals surface area contributed by atoms with Gasteiger partial charge in [-0.1, -0.05) is 26.8 Å². The number of aromatic nitrogens is 1. The number of fused-ring (bicyclic) bond motifs is 1. The molecular formula is C24H31FN4O4. The van der Waals surface area contributed by atoms with Crippen molar-refractivity contribution in [3.05, 3.63) is 57.8 Å². The topological polar surface area (TPSA) is 104 Å². The Labute approximate surface area is 192 Å². The van der Waals surface area contributed by atoms with Crippen LogP contribution in [0.1, 0.15) is 38.8 Å². The molecule has 0 unspecified atom stereocenters. The Morgan fingerprint density at radius 3 is 2.55 bits per heavy atom. The summed E-state index contributed by atoms with van der Waals surface area (Å²) in [5.74, 6) is -1.35. The Hall–Kier alpha value is -3.20. The number of hydrogen-bond acceptors (Lipinski definition) is 5. The molecule has 178 valence electrons. The highest BCUT2D eigenvalue weighted by Crippen LogP contribution is 2.31. The largest absolute Gasteiger partial charge is 0.507 e. The fraction of sp³-hybridized carbons (Fsp3) is 0.458. The fourth-order valence-corrected chi connectivity index (χ4v) is 3.81. The normalized spacial score (nSPS) is 15.2. The number of nitrogens with zero attached hydrogens (tertiary/aromatic N) is 2. The van der Waals surface area contributed by atoms with Gasteiger partial charge in [-0.05, 0) is 37.4 Å². The summed E-state index contributed by atoms with van der Waals surface area (Å²) >= 11 is 0. The van der Waals surface area contributed by atoms with Crippen LogP contribution < -0.4 is 21.1 Å². The summed E-state index contributed by atoms with van der Waals surface area (Å²) in [4.78, 5) is 40.3. The molecule has 1 aliphatic heterocycles. The van der Waals surface area contributed by atoms with Crippen molar-refractivity contribution in [2.24, 2.45) is 5.41 Å². The van der Waals surface area contributed by atoms with Crippen molar-refractivity contribution in [2.75, 3.05) is 18.5 Å². The van der Waals surface area contributed by atoms with Crippen molar-refractivity contribution in [2.45, 2.75) is 52.7 Å². The number of aromatic hydroxyl groups is 1. The van der Waals surface area contributed by atoms with E-state index in [0.717, 1.165) is 11.6 Å². The molecule has 1 aromatic heterocycles. The number of pyridine rings is 1. The van der Waals surface area contributed by atoms with Crippen molar-refractivity contribution < 1.29 is 19.1 Å². The summed E-state index contributed by atoms with van der Waals surface area (Å²) in [6, 6.07) is 3.88. The van der Waals surface area contributed by atoms with Crippen LogP contribution in [-0.2, 0) is 22.6 Å². The van der Waals surface area contributed by atoms with E-state index >= 15 is 0 Å². The molecule has 0 saturated carbocycles. The molecule has 0 fully saturated rings. The summed E-state index contributed by atoms with van der Waals surface area (Å²) in [7, 11) is 1.67. The first-order valence-corrected chi connectivity index (χ1v) is 10.9. The summed E-state index contributed by atoms with van der Waals surface area (Å²) in [5.41, 5.74) is 0.893. The molecule has 2 heterocycles. The van der Waals surface area contributed by atoms with Crippen molar-refractivity contribution in [1.82, 2.24) is 15.2 Å². The highest BCUT2D eigenvalue weighted by atomic mass is 19.1. The van der Waals surface area contributed by atoms with E-state index in [2.05, 4.69) is 10.6 Å². The maximum Gasteiger partial charge on any atom is 0.251 e. The Bertz CT molecular complexity index is 1120. The fourth-order valence-electron chi connectivity index (χ4n) is 3.81. The van der Waals surface area contributed by atoms with Crippen molar-refractivity contribution >= 4 is 17.5 Å². The Morgan fingerprint density at radius 1 is 1.24 bits per heavy atom. The van der Waals surface area contributed by atoms with Gasteiger partial charge in [-0.25, -0.2) is 4.39 Å². The second kappa shape index (κ2) is 9.35. The molecule has 2 aromatic rings. The van der Waals surface area contributed by atoms with Gasteiger partial charge in [0.1, 0.15) is 17.6 Å². The zero-order valence-corrected chi connectivity index (χ0v) is 19.6. The van der Waals surface area contributed by atoms with Crippen molar-refractivity contribution in [3.63, 3.8) is 0 Å². The third-order valence-electron chi connectivity index (χ3n) is 5.96. The molecule has 8 nitrogen and oxygen atoms in total. The first-order valence-electron chi connectivity index (χ1n) is 10.9. The van der Waals surface area contributed by atoms with E-state index in [1.807, 2.05) is 20.8 Å². The van der Waals surface area contributed by atoms with Crippen LogP contribution in [0.3, 0.4) is 0 Å². The smallest absolute Gasteiger partial charge is 0.251 e. The molecule has 1 aliphatic rings. The monoisotopic (exact) mass is 458 g/mol. The number of rotatable bonds is 6. The number of likely N-dealkylation sites (N-methyl/N-ethyl adjacent to an activating group) is 1. The average Bonchev–Trinajstić information content (AvgIpc) is 3.14. The van der Waals surface area contributed by atoms with Gasteiger partial charge in [-0.3, -0.25) is 14.4 Å². The van der Waals surface area contributed by atoms with Gasteiger partial charge in [-0.2, -0.15) is 0 Å². The lowest BCUT2D eigenvalue weighted by atomic mass is 9.85. The molecule has 3 rings (SSSR count). The summed E-state index contributed by atoms with van der Waals surface area (Å²) in [6.07, 6.45) is 2.11. The minimum Gasteiger partial charge on any atom is -0.507 e. The third-order valence-corrected chi connectivity index (χ3v) is 5.96. The number of anilines is 1. The van der Waals surface area contributed by atoms with E-state index in [0.29, 0.717) is 24.2 Å². The van der Waals surface area contributed by atoms with E-state index in [4.69, 9.17) is 0 Å². The number of halogens is 1. The number of nitrogens with one attached hydrogen (secondary N) is 2. The zero-order chi connectivity index (χ0) is 24.5. The first kappa shape index (κ1) is 24.4. The van der Waals surface area contributed by atoms with E-state index in [1.165, 1.54) is 22.8 Å². The molecule has 0 spiro atoms. The molecule has 9 heteroatoms. The van der Waals surface area contributed by atoms with Crippen LogP contribution in [0.2, 0.25) is 0 Å². The number of hydrogen-bond donors (Lipinski definition) is 3. The predicted molar refractivity (Wildman–Crippen MR) is 124 cm³/mol. The van der Waals surface area contributed by atoms with Gasteiger partial charge in [0.2, 0.25) is 11.8 Å². The van der Waals surface area contributed by atoms with Crippen LogP contribution in [0, 0.1) is 11.2 Å². The van der Waals surface area contributed by atoms with Crippen LogP contribution in [0.15, 0.2) is 35.3 Å². The van der Waals surface area contributed by atoms with Gasteiger partial charge in [0, 0.05) is 30.4 Å². The molecule has 1 aromatic carbocycles. The van der Waals surface area contributed by atoms with E-state index in [9.17, 15) is 23.9 Å². The lowest BCUT2D eigenvalue weighted by molar-refractivity contribution is -0.130. The highest BCUT2D eigenvalue weighted by Gasteiger charge is 2.39. The van der Waals surface area contributed by atoms with Crippen LogP contribution in [0.5, 0.6) is 5.75 Å². The zero-order valence-electron chi connectivity index (χ0n) is 19.6. The van der Waals surface area contributed by atoms with Crippen LogP contribution >= 0.6 is 0 Å². The second-order valence-corrected chi connectivity index (χ2v) is 9.48. The number of phenolic OH excluding ortho intramolecular Hbond substituents is 1.